The Morgan fingerprint density at radius 3 is 1.71 bits per heavy atom. The first-order valence-corrected chi connectivity index (χ1v) is 7.41. The number of carboxylic acid groups (broad SMARTS) is 1. The van der Waals surface area contributed by atoms with E-state index in [4.69, 9.17) is 11.5 Å². The predicted octanol–water partition coefficient (Wildman–Crippen LogP) is 4.02. The summed E-state index contributed by atoms with van der Waals surface area (Å²) in [5.41, 5.74) is 14.9. The largest absolute Gasteiger partial charge is 0.478 e. The first-order chi connectivity index (χ1) is 11.6. The Balaban J connectivity index is 2.21. The highest BCUT2D eigenvalue weighted by atomic mass is 16.4. The van der Waals surface area contributed by atoms with Crippen molar-refractivity contribution in [1.82, 2.24) is 0 Å². The summed E-state index contributed by atoms with van der Waals surface area (Å²) in [6.07, 6.45) is 0. The quantitative estimate of drug-likeness (QED) is 0.632. The third-order valence-corrected chi connectivity index (χ3v) is 3.76. The minimum Gasteiger partial charge on any atom is -0.478 e. The van der Waals surface area contributed by atoms with Crippen LogP contribution in [0.3, 0.4) is 0 Å². The highest BCUT2D eigenvalue weighted by Crippen LogP contribution is 2.40. The van der Waals surface area contributed by atoms with Crippen molar-refractivity contribution in [2.24, 2.45) is 0 Å². The molecule has 0 aliphatic rings. The Hall–Kier alpha value is -3.47. The van der Waals surface area contributed by atoms with Gasteiger partial charge in [0.05, 0.1) is 22.6 Å². The number of carbonyl (C=O) groups is 1. The van der Waals surface area contributed by atoms with Crippen LogP contribution in [-0.2, 0) is 0 Å². The fraction of sp³-hybridized carbons (Fsp3) is 0. The number of benzene rings is 3. The summed E-state index contributed by atoms with van der Waals surface area (Å²) in [6.45, 7) is 0. The van der Waals surface area contributed by atoms with E-state index in [1.54, 1.807) is 6.07 Å². The van der Waals surface area contributed by atoms with Crippen LogP contribution in [0.25, 0.3) is 0 Å². The lowest BCUT2D eigenvalue weighted by Gasteiger charge is -2.27. The number of para-hydroxylation sites is 2. The molecule has 0 unspecified atom stereocenters. The molecule has 120 valence electrons. The Kier molecular flexibility index (Phi) is 4.07. The molecule has 0 aliphatic carbocycles. The highest BCUT2D eigenvalue weighted by molar-refractivity contribution is 6.01. The normalized spacial score (nSPS) is 10.3. The minimum atomic E-state index is -1.10. The standard InChI is InChI=1S/C19H17N3O2/c20-17-15(19(23)24)11-12-16(18(17)21)22(13-7-3-1-4-8-13)14-9-5-2-6-10-14/h1-12H,20-21H2,(H,23,24). The minimum absolute atomic E-state index is 0.00248. The van der Waals surface area contributed by atoms with Crippen LogP contribution in [0.4, 0.5) is 28.4 Å². The van der Waals surface area contributed by atoms with Gasteiger partial charge in [-0.15, -0.1) is 0 Å². The number of nitrogens with zero attached hydrogens (tertiary/aromatic N) is 1. The average molecular weight is 319 g/mol. The van der Waals surface area contributed by atoms with E-state index < -0.39 is 5.97 Å². The molecule has 0 saturated carbocycles. The molecule has 24 heavy (non-hydrogen) atoms. The average Bonchev–Trinajstić information content (AvgIpc) is 2.60. The van der Waals surface area contributed by atoms with Crippen LogP contribution in [0.1, 0.15) is 10.4 Å². The van der Waals surface area contributed by atoms with Crippen LogP contribution in [-0.4, -0.2) is 11.1 Å². The second kappa shape index (κ2) is 6.34. The monoisotopic (exact) mass is 319 g/mol. The van der Waals surface area contributed by atoms with Gasteiger partial charge in [0, 0.05) is 11.4 Å². The maximum atomic E-state index is 11.2. The van der Waals surface area contributed by atoms with Gasteiger partial charge in [0.15, 0.2) is 0 Å². The van der Waals surface area contributed by atoms with E-state index in [1.165, 1.54) is 6.07 Å². The Labute approximate surface area is 139 Å². The summed E-state index contributed by atoms with van der Waals surface area (Å²) in [4.78, 5) is 13.2. The van der Waals surface area contributed by atoms with Crippen LogP contribution in [0, 0.1) is 0 Å². The Morgan fingerprint density at radius 1 is 0.750 bits per heavy atom. The third-order valence-electron chi connectivity index (χ3n) is 3.76. The van der Waals surface area contributed by atoms with Gasteiger partial charge >= 0.3 is 5.97 Å². The van der Waals surface area contributed by atoms with Crippen LogP contribution in [0.15, 0.2) is 72.8 Å². The molecule has 0 aromatic heterocycles. The zero-order chi connectivity index (χ0) is 17.1. The topological polar surface area (TPSA) is 92.6 Å². The molecule has 0 saturated heterocycles. The molecule has 0 atom stereocenters. The van der Waals surface area contributed by atoms with Gasteiger partial charge in [-0.2, -0.15) is 0 Å². The smallest absolute Gasteiger partial charge is 0.337 e. The fourth-order valence-electron chi connectivity index (χ4n) is 2.59. The predicted molar refractivity (Wildman–Crippen MR) is 96.9 cm³/mol. The lowest BCUT2D eigenvalue weighted by molar-refractivity contribution is 0.0698. The van der Waals surface area contributed by atoms with Gasteiger partial charge in [-0.3, -0.25) is 0 Å². The van der Waals surface area contributed by atoms with Gasteiger partial charge in [0.25, 0.3) is 0 Å². The third kappa shape index (κ3) is 2.75. The van der Waals surface area contributed by atoms with Crippen molar-refractivity contribution in [3.8, 4) is 0 Å². The molecule has 5 N–H and O–H groups in total. The summed E-state index contributed by atoms with van der Waals surface area (Å²) < 4.78 is 0. The van der Waals surface area contributed by atoms with Crippen LogP contribution < -0.4 is 16.4 Å². The fourth-order valence-corrected chi connectivity index (χ4v) is 2.59. The van der Waals surface area contributed by atoms with E-state index in [0.717, 1.165) is 11.4 Å². The first-order valence-electron chi connectivity index (χ1n) is 7.41. The van der Waals surface area contributed by atoms with Crippen LogP contribution in [0.2, 0.25) is 0 Å². The van der Waals surface area contributed by atoms with E-state index >= 15 is 0 Å². The number of hydrogen-bond acceptors (Lipinski definition) is 4. The van der Waals surface area contributed by atoms with Gasteiger partial charge in [-0.1, -0.05) is 36.4 Å². The van der Waals surface area contributed by atoms with Crippen molar-refractivity contribution in [2.75, 3.05) is 16.4 Å². The number of aromatic carboxylic acids is 1. The highest BCUT2D eigenvalue weighted by Gasteiger charge is 2.19. The van der Waals surface area contributed by atoms with E-state index in [-0.39, 0.29) is 16.9 Å². The second-order valence-electron chi connectivity index (χ2n) is 5.27. The molecule has 0 radical (unpaired) electrons. The molecule has 0 heterocycles. The number of nitrogen functional groups attached to an aromatic ring is 2. The van der Waals surface area contributed by atoms with Crippen molar-refractivity contribution < 1.29 is 9.90 Å². The molecule has 0 amide bonds. The lowest BCUT2D eigenvalue weighted by atomic mass is 10.1. The molecule has 5 nitrogen and oxygen atoms in total. The Morgan fingerprint density at radius 2 is 1.25 bits per heavy atom. The van der Waals surface area contributed by atoms with Crippen molar-refractivity contribution in [3.05, 3.63) is 78.4 Å². The molecular formula is C19H17N3O2. The van der Waals surface area contributed by atoms with Gasteiger partial charge in [0.1, 0.15) is 0 Å². The zero-order valence-electron chi connectivity index (χ0n) is 12.9. The van der Waals surface area contributed by atoms with Crippen molar-refractivity contribution in [3.63, 3.8) is 0 Å². The molecule has 5 heteroatoms. The molecule has 0 fully saturated rings. The molecule has 0 bridgehead atoms. The summed E-state index contributed by atoms with van der Waals surface area (Å²) in [7, 11) is 0. The molecule has 3 rings (SSSR count). The van der Waals surface area contributed by atoms with Crippen molar-refractivity contribution in [2.45, 2.75) is 0 Å². The van der Waals surface area contributed by atoms with Gasteiger partial charge in [-0.25, -0.2) is 4.79 Å². The van der Waals surface area contributed by atoms with E-state index in [2.05, 4.69) is 0 Å². The zero-order valence-corrected chi connectivity index (χ0v) is 12.9. The molecular weight excluding hydrogens is 302 g/mol. The summed E-state index contributed by atoms with van der Waals surface area (Å²) in [5.74, 6) is -1.10. The molecule has 0 aliphatic heterocycles. The summed E-state index contributed by atoms with van der Waals surface area (Å²) in [6, 6.07) is 22.5. The van der Waals surface area contributed by atoms with Crippen molar-refractivity contribution >= 4 is 34.4 Å². The molecule has 3 aromatic carbocycles. The van der Waals surface area contributed by atoms with Crippen LogP contribution in [0.5, 0.6) is 0 Å². The van der Waals surface area contributed by atoms with Gasteiger partial charge < -0.3 is 21.5 Å². The summed E-state index contributed by atoms with van der Waals surface area (Å²) in [5, 5.41) is 9.20. The number of hydrogen-bond donors (Lipinski definition) is 3. The number of anilines is 5. The lowest BCUT2D eigenvalue weighted by Crippen LogP contribution is -2.14. The first kappa shape index (κ1) is 15.4. The van der Waals surface area contributed by atoms with Gasteiger partial charge in [-0.05, 0) is 36.4 Å². The van der Waals surface area contributed by atoms with Crippen LogP contribution >= 0.6 is 0 Å². The second-order valence-corrected chi connectivity index (χ2v) is 5.27. The van der Waals surface area contributed by atoms with Gasteiger partial charge in [0.2, 0.25) is 0 Å². The van der Waals surface area contributed by atoms with Crippen molar-refractivity contribution in [1.29, 1.82) is 0 Å². The number of carboxylic acids is 1. The van der Waals surface area contributed by atoms with E-state index in [1.807, 2.05) is 65.6 Å². The maximum absolute atomic E-state index is 11.2. The maximum Gasteiger partial charge on any atom is 0.337 e. The molecule has 3 aromatic rings. The molecule has 0 spiro atoms. The number of rotatable bonds is 4. The number of nitrogens with two attached hydrogens (primary N) is 2. The van der Waals surface area contributed by atoms with E-state index in [9.17, 15) is 9.90 Å². The SMILES string of the molecule is Nc1c(C(=O)O)ccc(N(c2ccccc2)c2ccccc2)c1N. The summed E-state index contributed by atoms with van der Waals surface area (Å²) >= 11 is 0. The Bertz CT molecular complexity index is 825. The van der Waals surface area contributed by atoms with E-state index in [0.29, 0.717) is 5.69 Å².